The third kappa shape index (κ3) is 2.54. The predicted molar refractivity (Wildman–Crippen MR) is 67.4 cm³/mol. The van der Waals surface area contributed by atoms with Crippen molar-refractivity contribution in [3.63, 3.8) is 0 Å². The van der Waals surface area contributed by atoms with E-state index in [2.05, 4.69) is 15.9 Å². The van der Waals surface area contributed by atoms with Crippen molar-refractivity contribution in [3.05, 3.63) is 34.1 Å². The van der Waals surface area contributed by atoms with Crippen LogP contribution in [-0.4, -0.2) is 24.4 Å². The second-order valence-corrected chi connectivity index (χ2v) is 5.55. The Morgan fingerprint density at radius 2 is 2.35 bits per heavy atom. The van der Waals surface area contributed by atoms with E-state index in [9.17, 15) is 9.50 Å². The highest BCUT2D eigenvalue weighted by Gasteiger charge is 2.41. The SMILES string of the molecule is CC1OCCC1(CO)Cc1cc(F)ccc1Br. The third-order valence-corrected chi connectivity index (χ3v) is 4.47. The molecular formula is C13H16BrFO2. The molecule has 1 N–H and O–H groups in total. The first-order chi connectivity index (χ1) is 8.07. The number of hydrogen-bond donors (Lipinski definition) is 1. The maximum Gasteiger partial charge on any atom is 0.123 e. The van der Waals surface area contributed by atoms with Crippen molar-refractivity contribution >= 4 is 15.9 Å². The molecule has 2 rings (SSSR count). The summed E-state index contributed by atoms with van der Waals surface area (Å²) in [7, 11) is 0. The summed E-state index contributed by atoms with van der Waals surface area (Å²) < 4.78 is 19.6. The van der Waals surface area contributed by atoms with Gasteiger partial charge in [-0.25, -0.2) is 4.39 Å². The number of ether oxygens (including phenoxy) is 1. The van der Waals surface area contributed by atoms with Gasteiger partial charge in [-0.3, -0.25) is 0 Å². The molecule has 0 amide bonds. The quantitative estimate of drug-likeness (QED) is 0.930. The van der Waals surface area contributed by atoms with Crippen LogP contribution in [0.1, 0.15) is 18.9 Å². The molecule has 0 aliphatic carbocycles. The first-order valence-corrected chi connectivity index (χ1v) is 6.53. The maximum absolute atomic E-state index is 13.2. The van der Waals surface area contributed by atoms with Gasteiger partial charge in [0.15, 0.2) is 0 Å². The normalized spacial score (nSPS) is 28.6. The van der Waals surface area contributed by atoms with Gasteiger partial charge >= 0.3 is 0 Å². The van der Waals surface area contributed by atoms with Gasteiger partial charge in [-0.15, -0.1) is 0 Å². The Hall–Kier alpha value is -0.450. The zero-order valence-corrected chi connectivity index (χ0v) is 11.3. The average molecular weight is 303 g/mol. The zero-order valence-electron chi connectivity index (χ0n) is 9.75. The van der Waals surface area contributed by atoms with Crippen molar-refractivity contribution in [2.24, 2.45) is 5.41 Å². The van der Waals surface area contributed by atoms with E-state index in [1.165, 1.54) is 12.1 Å². The monoisotopic (exact) mass is 302 g/mol. The van der Waals surface area contributed by atoms with Crippen molar-refractivity contribution in [2.45, 2.75) is 25.9 Å². The Labute approximate surface area is 109 Å². The van der Waals surface area contributed by atoms with Crippen molar-refractivity contribution in [2.75, 3.05) is 13.2 Å². The van der Waals surface area contributed by atoms with Crippen LogP contribution in [-0.2, 0) is 11.2 Å². The number of benzene rings is 1. The molecule has 1 aromatic rings. The van der Waals surface area contributed by atoms with Crippen molar-refractivity contribution < 1.29 is 14.2 Å². The van der Waals surface area contributed by atoms with Crippen LogP contribution in [0.25, 0.3) is 0 Å². The molecule has 94 valence electrons. The van der Waals surface area contributed by atoms with Crippen LogP contribution >= 0.6 is 15.9 Å². The average Bonchev–Trinajstić information content (AvgIpc) is 2.66. The number of hydrogen-bond acceptors (Lipinski definition) is 2. The standard InChI is InChI=1S/C13H16BrFO2/c1-9-13(8-16,4-5-17-9)7-10-6-11(15)2-3-12(10)14/h2-3,6,9,16H,4-5,7-8H2,1H3. The summed E-state index contributed by atoms with van der Waals surface area (Å²) in [5, 5.41) is 9.62. The molecular weight excluding hydrogens is 287 g/mol. The second-order valence-electron chi connectivity index (χ2n) is 4.70. The van der Waals surface area contributed by atoms with E-state index in [4.69, 9.17) is 4.74 Å². The number of halogens is 2. The summed E-state index contributed by atoms with van der Waals surface area (Å²) in [4.78, 5) is 0. The van der Waals surface area contributed by atoms with Crippen molar-refractivity contribution in [3.8, 4) is 0 Å². The van der Waals surface area contributed by atoms with Crippen molar-refractivity contribution in [1.29, 1.82) is 0 Å². The number of aliphatic hydroxyl groups is 1. The Kier molecular flexibility index (Phi) is 3.85. The molecule has 0 radical (unpaired) electrons. The molecule has 1 saturated heterocycles. The molecule has 0 spiro atoms. The van der Waals surface area contributed by atoms with E-state index in [1.807, 2.05) is 6.92 Å². The highest BCUT2D eigenvalue weighted by atomic mass is 79.9. The molecule has 1 aliphatic heterocycles. The molecule has 1 heterocycles. The van der Waals surface area contributed by atoms with Crippen molar-refractivity contribution in [1.82, 2.24) is 0 Å². The van der Waals surface area contributed by atoms with Gasteiger partial charge in [0.05, 0.1) is 12.7 Å². The zero-order chi connectivity index (χ0) is 12.5. The van der Waals surface area contributed by atoms with E-state index in [0.29, 0.717) is 13.0 Å². The van der Waals surface area contributed by atoms with Gasteiger partial charge < -0.3 is 9.84 Å². The number of rotatable bonds is 3. The molecule has 2 atom stereocenters. The first kappa shape index (κ1) is 13.0. The van der Waals surface area contributed by atoms with Crippen LogP contribution in [0, 0.1) is 11.2 Å². The molecule has 17 heavy (non-hydrogen) atoms. The maximum atomic E-state index is 13.2. The molecule has 0 saturated carbocycles. The van der Waals surface area contributed by atoms with Gasteiger partial charge in [0.25, 0.3) is 0 Å². The van der Waals surface area contributed by atoms with E-state index in [1.54, 1.807) is 6.07 Å². The largest absolute Gasteiger partial charge is 0.396 e. The molecule has 1 aliphatic rings. The Morgan fingerprint density at radius 3 is 2.94 bits per heavy atom. The molecule has 0 aromatic heterocycles. The Morgan fingerprint density at radius 1 is 1.59 bits per heavy atom. The van der Waals surface area contributed by atoms with E-state index < -0.39 is 0 Å². The fraction of sp³-hybridized carbons (Fsp3) is 0.538. The minimum Gasteiger partial charge on any atom is -0.396 e. The summed E-state index contributed by atoms with van der Waals surface area (Å²) in [6, 6.07) is 4.65. The summed E-state index contributed by atoms with van der Waals surface area (Å²) in [6.07, 6.45) is 1.44. The van der Waals surface area contributed by atoms with Crippen LogP contribution in [0.5, 0.6) is 0 Å². The minimum atomic E-state index is -0.281. The van der Waals surface area contributed by atoms with Crippen LogP contribution in [0.3, 0.4) is 0 Å². The van der Waals surface area contributed by atoms with Gasteiger partial charge in [-0.2, -0.15) is 0 Å². The van der Waals surface area contributed by atoms with Crippen LogP contribution in [0.4, 0.5) is 4.39 Å². The Bertz CT molecular complexity index is 410. The first-order valence-electron chi connectivity index (χ1n) is 5.74. The van der Waals surface area contributed by atoms with E-state index in [0.717, 1.165) is 16.5 Å². The summed E-state index contributed by atoms with van der Waals surface area (Å²) in [5.74, 6) is -0.247. The Balaban J connectivity index is 2.27. The van der Waals surface area contributed by atoms with E-state index >= 15 is 0 Å². The summed E-state index contributed by atoms with van der Waals surface area (Å²) in [6.45, 7) is 2.70. The topological polar surface area (TPSA) is 29.5 Å². The lowest BCUT2D eigenvalue weighted by Crippen LogP contribution is -2.35. The van der Waals surface area contributed by atoms with Crippen LogP contribution in [0.15, 0.2) is 22.7 Å². The van der Waals surface area contributed by atoms with Gasteiger partial charge in [0.1, 0.15) is 5.82 Å². The fourth-order valence-corrected chi connectivity index (χ4v) is 2.76. The summed E-state index contributed by atoms with van der Waals surface area (Å²) >= 11 is 3.42. The van der Waals surface area contributed by atoms with Crippen LogP contribution < -0.4 is 0 Å². The molecule has 2 nitrogen and oxygen atoms in total. The molecule has 1 fully saturated rings. The third-order valence-electron chi connectivity index (χ3n) is 3.70. The fourth-order valence-electron chi connectivity index (χ4n) is 2.37. The number of aliphatic hydroxyl groups excluding tert-OH is 1. The lowest BCUT2D eigenvalue weighted by Gasteiger charge is -2.30. The minimum absolute atomic E-state index is 0.00247. The summed E-state index contributed by atoms with van der Waals surface area (Å²) in [5.41, 5.74) is 0.604. The van der Waals surface area contributed by atoms with Crippen LogP contribution in [0.2, 0.25) is 0 Å². The van der Waals surface area contributed by atoms with Gasteiger partial charge in [-0.05, 0) is 43.5 Å². The highest BCUT2D eigenvalue weighted by molar-refractivity contribution is 9.10. The van der Waals surface area contributed by atoms with Gasteiger partial charge in [0.2, 0.25) is 0 Å². The lowest BCUT2D eigenvalue weighted by atomic mass is 9.77. The molecule has 4 heteroatoms. The second kappa shape index (κ2) is 5.04. The smallest absolute Gasteiger partial charge is 0.123 e. The predicted octanol–water partition coefficient (Wildman–Crippen LogP) is 2.92. The molecule has 1 aromatic carbocycles. The molecule has 0 bridgehead atoms. The molecule has 2 unspecified atom stereocenters. The van der Waals surface area contributed by atoms with E-state index in [-0.39, 0.29) is 23.9 Å². The van der Waals surface area contributed by atoms with Gasteiger partial charge in [0, 0.05) is 16.5 Å². The lowest BCUT2D eigenvalue weighted by molar-refractivity contribution is 0.0271. The van der Waals surface area contributed by atoms with Gasteiger partial charge in [-0.1, -0.05) is 15.9 Å². The highest BCUT2D eigenvalue weighted by Crippen LogP contribution is 2.39.